The van der Waals surface area contributed by atoms with E-state index in [9.17, 15) is 5.11 Å². The van der Waals surface area contributed by atoms with Crippen LogP contribution in [0.25, 0.3) is 0 Å². The van der Waals surface area contributed by atoms with Gasteiger partial charge in [0.1, 0.15) is 11.3 Å². The first kappa shape index (κ1) is 14.3. The molecule has 0 aromatic carbocycles. The van der Waals surface area contributed by atoms with Gasteiger partial charge in [-0.2, -0.15) is 0 Å². The van der Waals surface area contributed by atoms with Gasteiger partial charge in [0.15, 0.2) is 0 Å². The van der Waals surface area contributed by atoms with Gasteiger partial charge in [-0.3, -0.25) is 4.98 Å². The molecule has 1 aliphatic rings. The Kier molecular flexibility index (Phi) is 3.60. The van der Waals surface area contributed by atoms with Crippen LogP contribution in [-0.4, -0.2) is 35.5 Å². The maximum absolute atomic E-state index is 10.3. The van der Waals surface area contributed by atoms with Crippen LogP contribution in [-0.2, 0) is 15.9 Å². The van der Waals surface area contributed by atoms with Crippen molar-refractivity contribution in [2.24, 2.45) is 0 Å². The van der Waals surface area contributed by atoms with Crippen LogP contribution in [0.5, 0.6) is 5.75 Å². The van der Waals surface area contributed by atoms with Gasteiger partial charge in [0, 0.05) is 18.3 Å². The summed E-state index contributed by atoms with van der Waals surface area (Å²) in [6, 6.07) is 1.78. The average molecular weight is 264 g/mol. The summed E-state index contributed by atoms with van der Waals surface area (Å²) in [5, 5.41) is 13.3. The van der Waals surface area contributed by atoms with Crippen molar-refractivity contribution in [3.8, 4) is 5.75 Å². The zero-order valence-electron chi connectivity index (χ0n) is 12.2. The summed E-state index contributed by atoms with van der Waals surface area (Å²) in [6.45, 7) is 8.47. The molecule has 1 aromatic rings. The molecule has 5 nitrogen and oxygen atoms in total. The quantitative estimate of drug-likeness (QED) is 0.791. The summed E-state index contributed by atoms with van der Waals surface area (Å²) in [5.41, 5.74) is 0.337. The van der Waals surface area contributed by atoms with Crippen molar-refractivity contribution in [3.05, 3.63) is 17.8 Å². The van der Waals surface area contributed by atoms with Gasteiger partial charge in [0.2, 0.25) is 0 Å². The van der Waals surface area contributed by atoms with Crippen LogP contribution in [0.1, 0.15) is 33.3 Å². The Hall–Kier alpha value is -1.11. The highest BCUT2D eigenvalue weighted by atomic mass is 16.7. The minimum absolute atomic E-state index is 0.135. The molecule has 19 heavy (non-hydrogen) atoms. The topological polar surface area (TPSA) is 63.6 Å². The predicted octanol–water partition coefficient (Wildman–Crippen LogP) is 0.806. The molecule has 2 heterocycles. The second-order valence-electron chi connectivity index (χ2n) is 5.82. The minimum Gasteiger partial charge on any atom is -0.506 e. The van der Waals surface area contributed by atoms with Crippen molar-refractivity contribution in [1.29, 1.82) is 0 Å². The predicted molar refractivity (Wildman–Crippen MR) is 74.4 cm³/mol. The van der Waals surface area contributed by atoms with E-state index in [1.54, 1.807) is 12.3 Å². The molecule has 0 atom stereocenters. The molecule has 0 radical (unpaired) electrons. The van der Waals surface area contributed by atoms with Crippen molar-refractivity contribution in [2.45, 2.75) is 45.4 Å². The standard InChI is InChI=1S/C13H21BN2O3/c1-12(2)13(3,4)19-14(18-12)11-10(17)9(8-15-5)6-7-16-11/h6-7,15,17H,8H2,1-5H3. The highest BCUT2D eigenvalue weighted by molar-refractivity contribution is 6.62. The van der Waals surface area contributed by atoms with E-state index in [1.165, 1.54) is 0 Å². The summed E-state index contributed by atoms with van der Waals surface area (Å²) in [7, 11) is 1.19. The Balaban J connectivity index is 2.32. The van der Waals surface area contributed by atoms with E-state index in [2.05, 4.69) is 10.3 Å². The van der Waals surface area contributed by atoms with Gasteiger partial charge in [0.25, 0.3) is 0 Å². The highest BCUT2D eigenvalue weighted by Gasteiger charge is 2.53. The van der Waals surface area contributed by atoms with Crippen molar-refractivity contribution in [3.63, 3.8) is 0 Å². The van der Waals surface area contributed by atoms with Gasteiger partial charge < -0.3 is 19.7 Å². The Labute approximate surface area is 114 Å². The molecular weight excluding hydrogens is 243 g/mol. The van der Waals surface area contributed by atoms with Crippen molar-refractivity contribution in [2.75, 3.05) is 7.05 Å². The molecule has 0 aliphatic carbocycles. The van der Waals surface area contributed by atoms with Crippen LogP contribution in [0.15, 0.2) is 12.3 Å². The number of nitrogens with zero attached hydrogens (tertiary/aromatic N) is 1. The molecule has 0 bridgehead atoms. The van der Waals surface area contributed by atoms with Crippen LogP contribution in [0.4, 0.5) is 0 Å². The van der Waals surface area contributed by atoms with Gasteiger partial charge in [-0.1, -0.05) is 0 Å². The Morgan fingerprint density at radius 2 is 1.84 bits per heavy atom. The molecule has 6 heteroatoms. The van der Waals surface area contributed by atoms with Crippen molar-refractivity contribution < 1.29 is 14.4 Å². The fourth-order valence-electron chi connectivity index (χ4n) is 1.97. The van der Waals surface area contributed by atoms with E-state index >= 15 is 0 Å². The van der Waals surface area contributed by atoms with E-state index in [-0.39, 0.29) is 5.75 Å². The smallest absolute Gasteiger partial charge is 0.506 e. The number of hydrogen-bond acceptors (Lipinski definition) is 5. The summed E-state index contributed by atoms with van der Waals surface area (Å²) in [4.78, 5) is 4.21. The molecule has 0 amide bonds. The van der Waals surface area contributed by atoms with Gasteiger partial charge in [-0.05, 0) is 40.8 Å². The average Bonchev–Trinajstić information content (AvgIpc) is 2.51. The maximum Gasteiger partial charge on any atom is 0.518 e. The van der Waals surface area contributed by atoms with E-state index < -0.39 is 18.3 Å². The first-order chi connectivity index (χ1) is 8.78. The lowest BCUT2D eigenvalue weighted by Gasteiger charge is -2.32. The highest BCUT2D eigenvalue weighted by Crippen LogP contribution is 2.37. The molecule has 1 aromatic heterocycles. The largest absolute Gasteiger partial charge is 0.518 e. The molecular formula is C13H21BN2O3. The van der Waals surface area contributed by atoms with E-state index in [4.69, 9.17) is 9.31 Å². The minimum atomic E-state index is -0.637. The van der Waals surface area contributed by atoms with Gasteiger partial charge in [0.05, 0.1) is 11.2 Å². The van der Waals surface area contributed by atoms with Gasteiger partial charge in [-0.15, -0.1) is 0 Å². The van der Waals surface area contributed by atoms with Gasteiger partial charge in [-0.25, -0.2) is 0 Å². The van der Waals surface area contributed by atoms with Crippen molar-refractivity contribution in [1.82, 2.24) is 10.3 Å². The number of aromatic hydroxyl groups is 1. The first-order valence-electron chi connectivity index (χ1n) is 6.45. The van der Waals surface area contributed by atoms with E-state index in [0.717, 1.165) is 5.56 Å². The molecule has 104 valence electrons. The van der Waals surface area contributed by atoms with Crippen LogP contribution < -0.4 is 10.9 Å². The SMILES string of the molecule is CNCc1ccnc(B2OC(C)(C)C(C)(C)O2)c1O. The van der Waals surface area contributed by atoms with Gasteiger partial charge >= 0.3 is 7.12 Å². The van der Waals surface area contributed by atoms with E-state index in [0.29, 0.717) is 12.1 Å². The Morgan fingerprint density at radius 3 is 2.37 bits per heavy atom. The van der Waals surface area contributed by atoms with E-state index in [1.807, 2.05) is 34.7 Å². The molecule has 2 rings (SSSR count). The molecule has 1 aliphatic heterocycles. The zero-order chi connectivity index (χ0) is 14.3. The number of hydrogen-bond donors (Lipinski definition) is 2. The molecule has 0 spiro atoms. The van der Waals surface area contributed by atoms with Crippen LogP contribution in [0, 0.1) is 0 Å². The fourth-order valence-corrected chi connectivity index (χ4v) is 1.97. The monoisotopic (exact) mass is 264 g/mol. The first-order valence-corrected chi connectivity index (χ1v) is 6.45. The Bertz CT molecular complexity index is 461. The molecule has 0 unspecified atom stereocenters. The van der Waals surface area contributed by atoms with Crippen LogP contribution in [0.3, 0.4) is 0 Å². The molecule has 2 N–H and O–H groups in total. The number of nitrogens with one attached hydrogen (secondary N) is 1. The van der Waals surface area contributed by atoms with Crippen LogP contribution in [0.2, 0.25) is 0 Å². The number of rotatable bonds is 3. The lowest BCUT2D eigenvalue weighted by molar-refractivity contribution is 0.00578. The third-order valence-corrected chi connectivity index (χ3v) is 3.88. The maximum atomic E-state index is 10.3. The summed E-state index contributed by atoms with van der Waals surface area (Å²) >= 11 is 0. The lowest BCUT2D eigenvalue weighted by atomic mass is 9.82. The normalized spacial score (nSPS) is 20.8. The fraction of sp³-hybridized carbons (Fsp3) is 0.615. The number of pyridine rings is 1. The summed E-state index contributed by atoms with van der Waals surface area (Å²) < 4.78 is 11.8. The second-order valence-corrected chi connectivity index (χ2v) is 5.82. The molecule has 1 saturated heterocycles. The van der Waals surface area contributed by atoms with Crippen molar-refractivity contribution >= 4 is 12.7 Å². The lowest BCUT2D eigenvalue weighted by Crippen LogP contribution is -2.41. The third-order valence-electron chi connectivity index (χ3n) is 3.88. The zero-order valence-corrected chi connectivity index (χ0v) is 12.2. The third kappa shape index (κ3) is 2.48. The summed E-state index contributed by atoms with van der Waals surface area (Å²) in [6.07, 6.45) is 1.66. The van der Waals surface area contributed by atoms with Crippen LogP contribution >= 0.6 is 0 Å². The molecule has 0 saturated carbocycles. The number of aromatic nitrogens is 1. The molecule has 1 fully saturated rings. The summed E-state index contributed by atoms with van der Waals surface area (Å²) in [5.74, 6) is 0.135. The Morgan fingerprint density at radius 1 is 1.26 bits per heavy atom. The second kappa shape index (κ2) is 4.78.